The first-order chi connectivity index (χ1) is 4.77. The van der Waals surface area contributed by atoms with Crippen molar-refractivity contribution in [1.82, 2.24) is 9.77 Å². The van der Waals surface area contributed by atoms with Crippen LogP contribution < -0.4 is 0 Å². The van der Waals surface area contributed by atoms with Crippen LogP contribution in [0.3, 0.4) is 0 Å². The van der Waals surface area contributed by atoms with Crippen molar-refractivity contribution in [3.05, 3.63) is 17.7 Å². The topological polar surface area (TPSA) is 34.9 Å². The van der Waals surface area contributed by atoms with Crippen LogP contribution in [0, 0.1) is 0 Å². The Bertz CT molecular complexity index is 244. The maximum atomic E-state index is 12.4. The second-order valence-corrected chi connectivity index (χ2v) is 1.87. The van der Waals surface area contributed by atoms with E-state index >= 15 is 0 Å². The summed E-state index contributed by atoms with van der Waals surface area (Å²) in [4.78, 5) is 13.9. The molecule has 0 amide bonds. The quantitative estimate of drug-likeness (QED) is 0.577. The van der Waals surface area contributed by atoms with Gasteiger partial charge in [0.1, 0.15) is 0 Å². The van der Waals surface area contributed by atoms with Gasteiger partial charge in [-0.05, 0) is 6.42 Å². The fourth-order valence-corrected chi connectivity index (χ4v) is 0.668. The van der Waals surface area contributed by atoms with Crippen LogP contribution in [0.1, 0.15) is 23.2 Å². The number of aryl methyl sites for hydroxylation is 1. The zero-order valence-electron chi connectivity index (χ0n) is 5.54. The minimum absolute atomic E-state index is 0.170. The van der Waals surface area contributed by atoms with E-state index in [1.165, 1.54) is 6.20 Å². The molecule has 0 aliphatic rings. The van der Waals surface area contributed by atoms with Crippen LogP contribution in [-0.4, -0.2) is 16.1 Å². The molecule has 0 saturated carbocycles. The van der Waals surface area contributed by atoms with Gasteiger partial charge in [-0.15, -0.1) is 0 Å². The Morgan fingerprint density at radius 3 is 2.90 bits per heavy atom. The van der Waals surface area contributed by atoms with Gasteiger partial charge in [0.05, 0.1) is 11.9 Å². The molecule has 3 nitrogen and oxygen atoms in total. The lowest BCUT2D eigenvalue weighted by Crippen LogP contribution is -1.88. The van der Waals surface area contributed by atoms with Crippen molar-refractivity contribution < 1.29 is 9.28 Å². The average molecular weight is 142 g/mol. The first-order valence-electron chi connectivity index (χ1n) is 2.97. The van der Waals surface area contributed by atoms with Crippen molar-refractivity contribution >= 4 is 6.29 Å². The highest BCUT2D eigenvalue weighted by Crippen LogP contribution is 2.00. The van der Waals surface area contributed by atoms with E-state index < -0.39 is 0 Å². The van der Waals surface area contributed by atoms with Gasteiger partial charge in [0.25, 0.3) is 0 Å². The third kappa shape index (κ3) is 1.05. The lowest BCUT2D eigenvalue weighted by molar-refractivity contribution is 0.110. The van der Waals surface area contributed by atoms with E-state index in [0.29, 0.717) is 18.4 Å². The SMILES string of the molecule is CCc1cn(F)c(C=O)n1. The summed E-state index contributed by atoms with van der Waals surface area (Å²) in [6.07, 6.45) is 2.22. The van der Waals surface area contributed by atoms with Gasteiger partial charge in [0.2, 0.25) is 5.82 Å². The van der Waals surface area contributed by atoms with Crippen LogP contribution in [0.4, 0.5) is 4.48 Å². The molecular weight excluding hydrogens is 135 g/mol. The molecule has 0 unspecified atom stereocenters. The number of carbonyl (C=O) groups is 1. The van der Waals surface area contributed by atoms with E-state index in [9.17, 15) is 9.28 Å². The van der Waals surface area contributed by atoms with Gasteiger partial charge in [-0.1, -0.05) is 11.4 Å². The minimum atomic E-state index is -0.170. The maximum Gasteiger partial charge on any atom is 0.203 e. The zero-order chi connectivity index (χ0) is 7.56. The molecule has 0 bridgehead atoms. The van der Waals surface area contributed by atoms with Crippen LogP contribution in [0.2, 0.25) is 0 Å². The first kappa shape index (κ1) is 6.92. The number of rotatable bonds is 2. The summed E-state index contributed by atoms with van der Waals surface area (Å²) < 4.78 is 12.4. The van der Waals surface area contributed by atoms with E-state index in [4.69, 9.17) is 0 Å². The van der Waals surface area contributed by atoms with Gasteiger partial charge in [-0.2, -0.15) is 4.79 Å². The fourth-order valence-electron chi connectivity index (χ4n) is 0.668. The van der Waals surface area contributed by atoms with Crippen LogP contribution in [0.5, 0.6) is 0 Å². The molecule has 10 heavy (non-hydrogen) atoms. The first-order valence-corrected chi connectivity index (χ1v) is 2.97. The Labute approximate surface area is 57.4 Å². The number of nitrogens with zero attached hydrogens (tertiary/aromatic N) is 2. The Morgan fingerprint density at radius 1 is 1.90 bits per heavy atom. The van der Waals surface area contributed by atoms with Crippen molar-refractivity contribution in [2.75, 3.05) is 0 Å². The lowest BCUT2D eigenvalue weighted by Gasteiger charge is -1.80. The summed E-state index contributed by atoms with van der Waals surface area (Å²) >= 11 is 0. The molecule has 54 valence electrons. The van der Waals surface area contributed by atoms with Gasteiger partial charge in [0, 0.05) is 0 Å². The van der Waals surface area contributed by atoms with Gasteiger partial charge >= 0.3 is 0 Å². The highest BCUT2D eigenvalue weighted by Gasteiger charge is 2.03. The molecule has 0 aromatic carbocycles. The highest BCUT2D eigenvalue weighted by atomic mass is 19.2. The molecule has 1 aromatic rings. The summed E-state index contributed by atoms with van der Waals surface area (Å²) in [6, 6.07) is 0. The molecule has 0 aliphatic heterocycles. The van der Waals surface area contributed by atoms with Gasteiger partial charge in [-0.25, -0.2) is 4.98 Å². The molecule has 0 radical (unpaired) electrons. The van der Waals surface area contributed by atoms with Gasteiger partial charge in [0.15, 0.2) is 6.29 Å². The van der Waals surface area contributed by atoms with E-state index in [2.05, 4.69) is 4.98 Å². The van der Waals surface area contributed by atoms with Crippen LogP contribution in [0.25, 0.3) is 0 Å². The Kier molecular flexibility index (Phi) is 1.80. The summed E-state index contributed by atoms with van der Waals surface area (Å²) in [5.41, 5.74) is 0.588. The molecular formula is C6H7FN2O. The van der Waals surface area contributed by atoms with E-state index in [-0.39, 0.29) is 10.6 Å². The molecule has 0 fully saturated rings. The molecule has 0 atom stereocenters. The van der Waals surface area contributed by atoms with E-state index in [1.807, 2.05) is 6.92 Å². The Morgan fingerprint density at radius 2 is 2.60 bits per heavy atom. The molecule has 1 aromatic heterocycles. The van der Waals surface area contributed by atoms with Crippen molar-refractivity contribution in [2.45, 2.75) is 13.3 Å². The summed E-state index contributed by atoms with van der Waals surface area (Å²) in [5.74, 6) is -0.170. The standard InChI is InChI=1S/C6H7FN2O/c1-2-5-3-9(7)6(4-10)8-5/h3-4H,2H2,1H3. The number of hydrogen-bond acceptors (Lipinski definition) is 2. The number of imidazole rings is 1. The van der Waals surface area contributed by atoms with E-state index in [0.717, 1.165) is 0 Å². The molecule has 1 rings (SSSR count). The number of carbonyl (C=O) groups excluding carboxylic acids is 1. The fraction of sp³-hybridized carbons (Fsp3) is 0.333. The smallest absolute Gasteiger partial charge is 0.203 e. The number of halogens is 1. The summed E-state index contributed by atoms with van der Waals surface area (Å²) in [5, 5.41) is 0. The van der Waals surface area contributed by atoms with Crippen LogP contribution >= 0.6 is 0 Å². The predicted octanol–water partition coefficient (Wildman–Crippen LogP) is 0.991. The van der Waals surface area contributed by atoms with E-state index in [1.54, 1.807) is 0 Å². The third-order valence-corrected chi connectivity index (χ3v) is 1.21. The average Bonchev–Trinajstić information content (AvgIpc) is 2.30. The minimum Gasteiger partial charge on any atom is -0.294 e. The Balaban J connectivity index is 3.03. The Hall–Kier alpha value is -1.19. The van der Waals surface area contributed by atoms with Crippen molar-refractivity contribution in [1.29, 1.82) is 0 Å². The highest BCUT2D eigenvalue weighted by molar-refractivity contribution is 5.69. The molecule has 0 spiro atoms. The second kappa shape index (κ2) is 2.60. The van der Waals surface area contributed by atoms with Crippen molar-refractivity contribution in [3.63, 3.8) is 0 Å². The third-order valence-electron chi connectivity index (χ3n) is 1.21. The summed E-state index contributed by atoms with van der Waals surface area (Å²) in [6.45, 7) is 1.84. The molecule has 0 aliphatic carbocycles. The molecule has 0 saturated heterocycles. The second-order valence-electron chi connectivity index (χ2n) is 1.87. The van der Waals surface area contributed by atoms with Gasteiger partial charge in [-0.3, -0.25) is 4.79 Å². The number of aromatic nitrogens is 2. The zero-order valence-corrected chi connectivity index (χ0v) is 5.54. The molecule has 0 N–H and O–H groups in total. The van der Waals surface area contributed by atoms with Crippen molar-refractivity contribution in [2.24, 2.45) is 0 Å². The maximum absolute atomic E-state index is 12.4. The summed E-state index contributed by atoms with van der Waals surface area (Å²) in [7, 11) is 0. The predicted molar refractivity (Wildman–Crippen MR) is 33.5 cm³/mol. The molecule has 4 heteroatoms. The van der Waals surface area contributed by atoms with Gasteiger partial charge < -0.3 is 0 Å². The normalized spacial score (nSPS) is 9.80. The molecule has 1 heterocycles. The lowest BCUT2D eigenvalue weighted by atomic mass is 10.4. The number of hydrogen-bond donors (Lipinski definition) is 0. The largest absolute Gasteiger partial charge is 0.294 e. The van der Waals surface area contributed by atoms with Crippen molar-refractivity contribution in [3.8, 4) is 0 Å². The van der Waals surface area contributed by atoms with Crippen LogP contribution in [-0.2, 0) is 6.42 Å². The van der Waals surface area contributed by atoms with Crippen LogP contribution in [0.15, 0.2) is 6.20 Å². The number of aldehydes is 1. The monoisotopic (exact) mass is 142 g/mol.